The predicted molar refractivity (Wildman–Crippen MR) is 121 cm³/mol. The number of nitrogens with two attached hydrogens (primary N) is 2. The Morgan fingerprint density at radius 3 is 2.52 bits per heavy atom. The van der Waals surface area contributed by atoms with Crippen LogP contribution in [-0.2, 0) is 0 Å². The molecule has 1 saturated carbocycles. The Morgan fingerprint density at radius 2 is 1.97 bits per heavy atom. The molecule has 8 nitrogen and oxygen atoms in total. The molecule has 6 N–H and O–H groups in total. The number of benzene rings is 1. The predicted octanol–water partition coefficient (Wildman–Crippen LogP) is 3.41. The van der Waals surface area contributed by atoms with Crippen LogP contribution in [0.1, 0.15) is 51.9 Å². The van der Waals surface area contributed by atoms with Gasteiger partial charge in [0.25, 0.3) is 12.3 Å². The number of carbonyl (C=O) groups excluding carboxylic acids is 1. The van der Waals surface area contributed by atoms with E-state index in [1.54, 1.807) is 19.9 Å². The number of amides is 1. The van der Waals surface area contributed by atoms with E-state index in [1.807, 2.05) is 7.05 Å². The molecule has 1 fully saturated rings. The highest BCUT2D eigenvalue weighted by atomic mass is 19.3. The lowest BCUT2D eigenvalue weighted by Crippen LogP contribution is -2.34. The lowest BCUT2D eigenvalue weighted by Gasteiger charge is -2.19. The topological polar surface area (TPSA) is 128 Å². The van der Waals surface area contributed by atoms with Crippen molar-refractivity contribution in [1.82, 2.24) is 14.9 Å². The minimum Gasteiger partial charge on any atom is -0.508 e. The smallest absolute Gasteiger partial charge is 0.264 e. The maximum absolute atomic E-state index is 13.7. The van der Waals surface area contributed by atoms with Gasteiger partial charge in [-0.15, -0.1) is 0 Å². The molecule has 1 aromatic carbocycles. The van der Waals surface area contributed by atoms with E-state index in [4.69, 9.17) is 16.2 Å². The van der Waals surface area contributed by atoms with Crippen LogP contribution >= 0.6 is 0 Å². The van der Waals surface area contributed by atoms with Crippen molar-refractivity contribution in [2.45, 2.75) is 45.6 Å². The number of carbonyl (C=O) groups is 1. The largest absolute Gasteiger partial charge is 0.508 e. The molecular formula is C23H27F2N5O3. The number of fused-ring (bicyclic) bond motifs is 1. The Balaban J connectivity index is 2.00. The van der Waals surface area contributed by atoms with Gasteiger partial charge in [0, 0.05) is 22.1 Å². The van der Waals surface area contributed by atoms with Gasteiger partial charge in [0.2, 0.25) is 5.88 Å². The maximum Gasteiger partial charge on any atom is 0.264 e. The normalized spacial score (nSPS) is 14.8. The second-order valence-electron chi connectivity index (χ2n) is 8.64. The molecular weight excluding hydrogens is 432 g/mol. The average Bonchev–Trinajstić information content (AvgIpc) is 3.48. The van der Waals surface area contributed by atoms with Gasteiger partial charge in [0.1, 0.15) is 18.2 Å². The highest BCUT2D eigenvalue weighted by Crippen LogP contribution is 2.41. The van der Waals surface area contributed by atoms with Crippen LogP contribution in [0.4, 0.5) is 14.6 Å². The SMILES string of the molecule is CNC1(COc2nc3c(cc2C)c(C(N)=O)c(N)n3-c2c(C)c(O)cc(C(F)F)c2C)CC1. The van der Waals surface area contributed by atoms with Crippen molar-refractivity contribution < 1.29 is 23.4 Å². The third kappa shape index (κ3) is 3.64. The van der Waals surface area contributed by atoms with Gasteiger partial charge in [0.15, 0.2) is 5.65 Å². The van der Waals surface area contributed by atoms with E-state index in [9.17, 15) is 18.7 Å². The van der Waals surface area contributed by atoms with Crippen molar-refractivity contribution >= 4 is 22.8 Å². The summed E-state index contributed by atoms with van der Waals surface area (Å²) in [4.78, 5) is 16.9. The number of ether oxygens (including phenoxy) is 1. The third-order valence-electron chi connectivity index (χ3n) is 6.52. The standard InChI is InChI=1S/C23H27F2N5O3/c1-10-7-14-16(20(27)32)19(26)30(17-11(2)13(18(24)25)8-15(31)12(17)3)21(14)29-22(10)33-9-23(28-4)5-6-23/h7-8,18,28,31H,5-6,9,26H2,1-4H3,(H2,27,32). The molecule has 0 radical (unpaired) electrons. The second kappa shape index (κ2) is 7.87. The van der Waals surface area contributed by atoms with Crippen molar-refractivity contribution in [1.29, 1.82) is 0 Å². The molecule has 176 valence electrons. The number of likely N-dealkylation sites (N-methyl/N-ethyl adjacent to an activating group) is 1. The molecule has 2 aromatic heterocycles. The number of aromatic hydroxyl groups is 1. The highest BCUT2D eigenvalue weighted by Gasteiger charge is 2.42. The summed E-state index contributed by atoms with van der Waals surface area (Å²) in [6, 6.07) is 2.74. The fourth-order valence-corrected chi connectivity index (χ4v) is 4.23. The van der Waals surface area contributed by atoms with Crippen LogP contribution < -0.4 is 21.5 Å². The number of alkyl halides is 2. The molecule has 0 bridgehead atoms. The summed E-state index contributed by atoms with van der Waals surface area (Å²) in [5.74, 6) is -0.806. The number of pyridine rings is 1. The van der Waals surface area contributed by atoms with Gasteiger partial charge in [-0.1, -0.05) is 0 Å². The average molecular weight is 459 g/mol. The first kappa shape index (κ1) is 22.8. The number of anilines is 1. The molecule has 0 atom stereocenters. The van der Waals surface area contributed by atoms with Gasteiger partial charge >= 0.3 is 0 Å². The molecule has 0 unspecified atom stereocenters. The molecule has 0 saturated heterocycles. The molecule has 0 aliphatic heterocycles. The molecule has 10 heteroatoms. The summed E-state index contributed by atoms with van der Waals surface area (Å²) in [5.41, 5.74) is 13.2. The summed E-state index contributed by atoms with van der Waals surface area (Å²) in [6.45, 7) is 5.28. The zero-order valence-corrected chi connectivity index (χ0v) is 18.9. The van der Waals surface area contributed by atoms with Crippen molar-refractivity contribution in [2.75, 3.05) is 19.4 Å². The summed E-state index contributed by atoms with van der Waals surface area (Å²) in [7, 11) is 1.87. The fourth-order valence-electron chi connectivity index (χ4n) is 4.23. The van der Waals surface area contributed by atoms with Gasteiger partial charge in [-0.25, -0.2) is 8.78 Å². The monoisotopic (exact) mass is 459 g/mol. The Hall–Kier alpha value is -3.40. The maximum atomic E-state index is 13.7. The number of hydrogen-bond acceptors (Lipinski definition) is 6. The van der Waals surface area contributed by atoms with E-state index in [-0.39, 0.29) is 45.1 Å². The molecule has 4 rings (SSSR count). The zero-order chi connectivity index (χ0) is 24.2. The summed E-state index contributed by atoms with van der Waals surface area (Å²) in [6.07, 6.45) is -0.852. The number of nitrogen functional groups attached to an aromatic ring is 1. The number of nitrogens with zero attached hydrogens (tertiary/aromatic N) is 2. The van der Waals surface area contributed by atoms with Crippen LogP contribution in [0.15, 0.2) is 12.1 Å². The number of hydrogen-bond donors (Lipinski definition) is 4. The van der Waals surface area contributed by atoms with Crippen LogP contribution in [0.5, 0.6) is 11.6 Å². The number of aryl methyl sites for hydroxylation is 1. The van der Waals surface area contributed by atoms with Gasteiger partial charge in [-0.2, -0.15) is 4.98 Å². The lowest BCUT2D eigenvalue weighted by atomic mass is 10.0. The molecule has 0 spiro atoms. The summed E-state index contributed by atoms with van der Waals surface area (Å²) in [5, 5.41) is 14.0. The van der Waals surface area contributed by atoms with Crippen molar-refractivity contribution in [2.24, 2.45) is 5.73 Å². The highest BCUT2D eigenvalue weighted by molar-refractivity contribution is 6.11. The van der Waals surface area contributed by atoms with Crippen LogP contribution in [0.3, 0.4) is 0 Å². The van der Waals surface area contributed by atoms with E-state index in [2.05, 4.69) is 10.3 Å². The van der Waals surface area contributed by atoms with Gasteiger partial charge in [-0.3, -0.25) is 9.36 Å². The minimum absolute atomic E-state index is 0.0294. The van der Waals surface area contributed by atoms with Crippen LogP contribution in [-0.4, -0.2) is 39.8 Å². The first-order valence-electron chi connectivity index (χ1n) is 10.6. The Morgan fingerprint density at radius 1 is 1.30 bits per heavy atom. The number of primary amides is 1. The van der Waals surface area contributed by atoms with E-state index >= 15 is 0 Å². The van der Waals surface area contributed by atoms with Gasteiger partial charge < -0.3 is 26.6 Å². The van der Waals surface area contributed by atoms with E-state index in [0.717, 1.165) is 18.9 Å². The van der Waals surface area contributed by atoms with Crippen LogP contribution in [0.25, 0.3) is 16.7 Å². The van der Waals surface area contributed by atoms with Crippen molar-refractivity contribution in [3.8, 4) is 17.3 Å². The number of rotatable bonds is 7. The molecule has 2 heterocycles. The number of aromatic nitrogens is 2. The number of phenols is 1. The number of nitrogens with one attached hydrogen (secondary N) is 1. The quantitative estimate of drug-likeness (QED) is 0.429. The Kier molecular flexibility index (Phi) is 5.44. The van der Waals surface area contributed by atoms with Crippen LogP contribution in [0.2, 0.25) is 0 Å². The number of phenolic OH excluding ortho intramolecular Hbond substituents is 1. The van der Waals surface area contributed by atoms with Crippen molar-refractivity contribution in [3.63, 3.8) is 0 Å². The van der Waals surface area contributed by atoms with Crippen molar-refractivity contribution in [3.05, 3.63) is 39.9 Å². The van der Waals surface area contributed by atoms with E-state index in [1.165, 1.54) is 11.5 Å². The second-order valence-corrected chi connectivity index (χ2v) is 8.64. The van der Waals surface area contributed by atoms with E-state index < -0.39 is 12.3 Å². The molecule has 3 aromatic rings. The third-order valence-corrected chi connectivity index (χ3v) is 6.52. The lowest BCUT2D eigenvalue weighted by molar-refractivity contribution is 0.100. The number of halogens is 2. The van der Waals surface area contributed by atoms with Gasteiger partial charge in [-0.05, 0) is 58.4 Å². The Bertz CT molecular complexity index is 1280. The van der Waals surface area contributed by atoms with E-state index in [0.29, 0.717) is 29.0 Å². The zero-order valence-electron chi connectivity index (χ0n) is 18.9. The van der Waals surface area contributed by atoms with Gasteiger partial charge in [0.05, 0.1) is 16.8 Å². The minimum atomic E-state index is -2.82. The first-order chi connectivity index (χ1) is 15.5. The molecule has 1 aliphatic carbocycles. The summed E-state index contributed by atoms with van der Waals surface area (Å²) < 4.78 is 34.8. The Labute approximate surface area is 189 Å². The summed E-state index contributed by atoms with van der Waals surface area (Å²) >= 11 is 0. The molecule has 1 aliphatic rings. The molecule has 1 amide bonds. The van der Waals surface area contributed by atoms with Crippen LogP contribution in [0, 0.1) is 20.8 Å². The first-order valence-corrected chi connectivity index (χ1v) is 10.6. The fraction of sp³-hybridized carbons (Fsp3) is 0.391. The molecule has 33 heavy (non-hydrogen) atoms.